The number of nitrogens with zero attached hydrogens (tertiary/aromatic N) is 3. The smallest absolute Gasteiger partial charge is 0.352 e. The van der Waals surface area contributed by atoms with E-state index >= 15 is 0 Å². The van der Waals surface area contributed by atoms with E-state index < -0.39 is 34.7 Å². The van der Waals surface area contributed by atoms with Gasteiger partial charge in [-0.25, -0.2) is 9.78 Å². The largest absolute Gasteiger partial charge is 0.477 e. The summed E-state index contributed by atoms with van der Waals surface area (Å²) in [6, 6.07) is 34.0. The van der Waals surface area contributed by atoms with Crippen molar-refractivity contribution >= 4 is 84.9 Å². The van der Waals surface area contributed by atoms with Gasteiger partial charge in [0.15, 0.2) is 27.8 Å². The van der Waals surface area contributed by atoms with E-state index in [0.717, 1.165) is 21.4 Å². The molecular weight excluding hydrogens is 843 g/mol. The Morgan fingerprint density at radius 3 is 2.20 bits per heavy atom. The number of rotatable bonds is 13. The average molecular weight is 876 g/mol. The van der Waals surface area contributed by atoms with Gasteiger partial charge in [-0.2, -0.15) is 0 Å². The van der Waals surface area contributed by atoms with Crippen molar-refractivity contribution in [1.29, 1.82) is 0 Å². The zero-order valence-corrected chi connectivity index (χ0v) is 34.8. The van der Waals surface area contributed by atoms with Crippen LogP contribution in [0.15, 0.2) is 140 Å². The van der Waals surface area contributed by atoms with Crippen LogP contribution < -0.4 is 25.5 Å². The molecule has 3 aliphatic rings. The van der Waals surface area contributed by atoms with Crippen LogP contribution in [0.1, 0.15) is 22.4 Å². The van der Waals surface area contributed by atoms with E-state index in [9.17, 15) is 24.3 Å². The summed E-state index contributed by atoms with van der Waals surface area (Å²) in [6.45, 7) is 0.0875. The highest BCUT2D eigenvalue weighted by atomic mass is 32.2. The fourth-order valence-corrected chi connectivity index (χ4v) is 11.9. The fraction of sp³-hybridized carbons (Fsp3) is 0.163. The number of aliphatic carboxylic acids is 1. The lowest BCUT2D eigenvalue weighted by Gasteiger charge is -2.49. The van der Waals surface area contributed by atoms with Gasteiger partial charge in [0.25, 0.3) is 11.8 Å². The van der Waals surface area contributed by atoms with Crippen LogP contribution in [0.4, 0.5) is 5.13 Å². The Labute approximate surface area is 359 Å². The highest BCUT2D eigenvalue weighted by Crippen LogP contribution is 2.44. The fourth-order valence-electron chi connectivity index (χ4n) is 7.43. The SMILES string of the molecule is CON=C(C(=O)NC1C(=O)N2C(C(=O)O)=C(CSc3cc(=O)c4cc5c(cc4s3)OCO5)CS[C@@H]12)c1csc(NC(c2ccccc2)(c2ccccc2)c2ccccc2)n1. The Morgan fingerprint density at radius 1 is 0.950 bits per heavy atom. The number of carbonyl (C=O) groups is 3. The molecule has 1 fully saturated rings. The van der Waals surface area contributed by atoms with Gasteiger partial charge in [0.05, 0.1) is 4.21 Å². The highest BCUT2D eigenvalue weighted by Gasteiger charge is 2.54. The number of carboxylic acids is 1. The van der Waals surface area contributed by atoms with E-state index in [0.29, 0.717) is 37.6 Å². The Bertz CT molecular complexity index is 2670. The van der Waals surface area contributed by atoms with E-state index in [-0.39, 0.29) is 35.1 Å². The molecule has 0 spiro atoms. The Kier molecular flexibility index (Phi) is 10.8. The van der Waals surface area contributed by atoms with Gasteiger partial charge in [0.1, 0.15) is 35.5 Å². The summed E-state index contributed by atoms with van der Waals surface area (Å²) in [4.78, 5) is 64.3. The minimum atomic E-state index is -1.25. The Balaban J connectivity index is 0.932. The molecular formula is C43H33N5O8S4. The first-order valence-corrected chi connectivity index (χ1v) is 22.2. The lowest BCUT2D eigenvalue weighted by atomic mass is 9.77. The lowest BCUT2D eigenvalue weighted by molar-refractivity contribution is -0.150. The third kappa shape index (κ3) is 7.16. The maximum atomic E-state index is 13.9. The Hall–Kier alpha value is -6.14. The minimum Gasteiger partial charge on any atom is -0.477 e. The van der Waals surface area contributed by atoms with Gasteiger partial charge in [-0.15, -0.1) is 46.2 Å². The zero-order chi connectivity index (χ0) is 41.4. The number of benzene rings is 4. The molecule has 3 aliphatic heterocycles. The number of thiazole rings is 1. The van der Waals surface area contributed by atoms with E-state index in [2.05, 4.69) is 15.8 Å². The van der Waals surface area contributed by atoms with Gasteiger partial charge in [0, 0.05) is 39.1 Å². The molecule has 0 bridgehead atoms. The number of hydrogen-bond donors (Lipinski definition) is 3. The molecule has 0 saturated carbocycles. The van der Waals surface area contributed by atoms with Crippen molar-refractivity contribution in [3.05, 3.63) is 158 Å². The molecule has 4 aromatic carbocycles. The molecule has 2 aromatic heterocycles. The molecule has 3 N–H and O–H groups in total. The number of carbonyl (C=O) groups excluding carboxylic acids is 2. The van der Waals surface area contributed by atoms with Crippen molar-refractivity contribution < 1.29 is 33.8 Å². The third-order valence-corrected chi connectivity index (χ3v) is 14.7. The number of amides is 2. The number of nitrogens with one attached hydrogen (secondary N) is 2. The molecule has 60 heavy (non-hydrogen) atoms. The van der Waals surface area contributed by atoms with Crippen molar-refractivity contribution in [2.75, 3.05) is 30.7 Å². The number of thioether (sulfide) groups is 2. The molecule has 2 atom stereocenters. The second-order valence-corrected chi connectivity index (χ2v) is 18.0. The zero-order valence-electron chi connectivity index (χ0n) is 31.5. The van der Waals surface area contributed by atoms with Crippen LogP contribution in [-0.4, -0.2) is 75.3 Å². The number of anilines is 1. The van der Waals surface area contributed by atoms with E-state index in [1.54, 1.807) is 17.5 Å². The number of hydrogen-bond acceptors (Lipinski definition) is 14. The molecule has 1 saturated heterocycles. The molecule has 1 unspecified atom stereocenters. The van der Waals surface area contributed by atoms with Crippen molar-refractivity contribution in [3.63, 3.8) is 0 Å². The maximum Gasteiger partial charge on any atom is 0.352 e. The van der Waals surface area contributed by atoms with Gasteiger partial charge < -0.3 is 30.1 Å². The van der Waals surface area contributed by atoms with E-state index in [1.807, 2.05) is 91.0 Å². The van der Waals surface area contributed by atoms with Crippen molar-refractivity contribution in [2.24, 2.45) is 5.16 Å². The van der Waals surface area contributed by atoms with Gasteiger partial charge in [-0.05, 0) is 28.3 Å². The predicted octanol–water partition coefficient (Wildman–Crippen LogP) is 6.73. The molecule has 2 amide bonds. The first-order chi connectivity index (χ1) is 29.2. The van der Waals surface area contributed by atoms with Crippen molar-refractivity contribution in [1.82, 2.24) is 15.2 Å². The maximum absolute atomic E-state index is 13.9. The topological polar surface area (TPSA) is 169 Å². The summed E-state index contributed by atoms with van der Waals surface area (Å²) in [6.07, 6.45) is 0. The summed E-state index contributed by atoms with van der Waals surface area (Å²) in [5.74, 6) is -0.916. The molecule has 302 valence electrons. The van der Waals surface area contributed by atoms with Gasteiger partial charge in [0.2, 0.25) is 6.79 Å². The standard InChI is InChI=1S/C43H33N5O8S4/c1-54-47-35(29-22-59-42(44-29)46-43(25-11-5-2-6-12-25,26-13-7-3-8-14-26)27-15-9-4-10-16-27)38(50)45-36-39(51)48-37(41(52)53)24(21-58-40(36)48)20-57-34-18-30(49)28-17-31-32(56-23-55-31)19-33(28)60-34/h2-19,22,36,40H,20-21,23H2,1H3,(H,44,46)(H,45,50)(H,52,53)/t36?,40-/m0/s1. The van der Waals surface area contributed by atoms with Crippen LogP contribution >= 0.6 is 46.2 Å². The number of ether oxygens (including phenoxy) is 2. The molecule has 0 aliphatic carbocycles. The summed E-state index contributed by atoms with van der Waals surface area (Å²) in [5, 5.41) is 22.8. The molecule has 9 rings (SSSR count). The second-order valence-electron chi connectivity index (χ2n) is 13.7. The van der Waals surface area contributed by atoms with E-state index in [4.69, 9.17) is 19.3 Å². The highest BCUT2D eigenvalue weighted by molar-refractivity contribution is 8.02. The number of aromatic nitrogens is 1. The van der Waals surface area contributed by atoms with Crippen LogP contribution in [0.3, 0.4) is 0 Å². The van der Waals surface area contributed by atoms with Crippen LogP contribution in [0.5, 0.6) is 11.5 Å². The number of β-lactam (4-membered cyclic amide) rings is 1. The summed E-state index contributed by atoms with van der Waals surface area (Å²) in [7, 11) is 1.31. The lowest BCUT2D eigenvalue weighted by Crippen LogP contribution is -2.71. The van der Waals surface area contributed by atoms with Crippen LogP contribution in [0, 0.1) is 0 Å². The minimum absolute atomic E-state index is 0.0875. The quantitative estimate of drug-likeness (QED) is 0.0369. The van der Waals surface area contributed by atoms with Crippen LogP contribution in [0.2, 0.25) is 0 Å². The first kappa shape index (κ1) is 39.3. The molecule has 5 heterocycles. The van der Waals surface area contributed by atoms with Gasteiger partial charge in [-0.1, -0.05) is 96.2 Å². The number of oxime groups is 1. The molecule has 17 heteroatoms. The van der Waals surface area contributed by atoms with E-state index in [1.165, 1.54) is 64.3 Å². The summed E-state index contributed by atoms with van der Waals surface area (Å²) >= 11 is 5.34. The summed E-state index contributed by atoms with van der Waals surface area (Å²) < 4.78 is 12.3. The number of carboxylic acid groups (broad SMARTS) is 1. The molecule has 6 aromatic rings. The van der Waals surface area contributed by atoms with Gasteiger partial charge >= 0.3 is 5.97 Å². The number of fused-ring (bicyclic) bond motifs is 3. The molecule has 0 radical (unpaired) electrons. The third-order valence-electron chi connectivity index (χ3n) is 10.2. The monoisotopic (exact) mass is 875 g/mol. The first-order valence-electron chi connectivity index (χ1n) is 18.5. The Morgan fingerprint density at radius 2 is 1.58 bits per heavy atom. The predicted molar refractivity (Wildman–Crippen MR) is 233 cm³/mol. The second kappa shape index (κ2) is 16.5. The van der Waals surface area contributed by atoms with Crippen LogP contribution in [-0.2, 0) is 24.8 Å². The van der Waals surface area contributed by atoms with Crippen LogP contribution in [0.25, 0.3) is 10.1 Å². The normalized spacial score (nSPS) is 17.2. The summed E-state index contributed by atoms with van der Waals surface area (Å²) in [5.41, 5.74) is 2.32. The van der Waals surface area contributed by atoms with Crippen molar-refractivity contribution in [3.8, 4) is 11.5 Å². The van der Waals surface area contributed by atoms with Gasteiger partial charge in [-0.3, -0.25) is 19.3 Å². The average Bonchev–Trinajstić information content (AvgIpc) is 3.95. The molecule has 13 nitrogen and oxygen atoms in total. The van der Waals surface area contributed by atoms with Crippen molar-refractivity contribution in [2.45, 2.75) is 21.2 Å².